The maximum atomic E-state index is 12.0. The number of nitrogens with one attached hydrogen (secondary N) is 2. The number of amides is 1. The van der Waals surface area contributed by atoms with E-state index in [9.17, 15) is 18.0 Å². The topological polar surface area (TPSA) is 105 Å². The van der Waals surface area contributed by atoms with Gasteiger partial charge in [0.1, 0.15) is 0 Å². The fraction of sp³-hybridized carbons (Fsp3) is 0.0769. The highest BCUT2D eigenvalue weighted by atomic mass is 32.2. The number of rotatable bonds is 5. The number of furan rings is 1. The minimum absolute atomic E-state index is 0.0322. The fourth-order valence-electron chi connectivity index (χ4n) is 1.52. The molecular formula is C13H12N2O5S. The minimum Gasteiger partial charge on any atom is -0.459 e. The summed E-state index contributed by atoms with van der Waals surface area (Å²) in [5.74, 6) is -1.02. The number of carbonyl (C=O) groups excluding carboxylic acids is 2. The van der Waals surface area contributed by atoms with Crippen LogP contribution in [-0.2, 0) is 10.0 Å². The van der Waals surface area contributed by atoms with E-state index in [1.807, 2.05) is 10.3 Å². The molecule has 110 valence electrons. The number of ketones is 1. The van der Waals surface area contributed by atoms with Gasteiger partial charge in [-0.15, -0.1) is 4.83 Å². The second-order valence-corrected chi connectivity index (χ2v) is 5.80. The SMILES string of the molecule is CC(=O)c1cccc(S(=O)(=O)NNC(=O)c2ccco2)c1. The molecule has 0 spiro atoms. The highest BCUT2D eigenvalue weighted by Crippen LogP contribution is 2.11. The van der Waals surface area contributed by atoms with Crippen LogP contribution in [0.4, 0.5) is 0 Å². The van der Waals surface area contributed by atoms with Crippen molar-refractivity contribution in [1.29, 1.82) is 0 Å². The molecule has 0 aliphatic carbocycles. The van der Waals surface area contributed by atoms with Crippen LogP contribution >= 0.6 is 0 Å². The summed E-state index contributed by atoms with van der Waals surface area (Å²) in [6.45, 7) is 1.33. The van der Waals surface area contributed by atoms with Crippen LogP contribution in [0.1, 0.15) is 27.8 Å². The molecule has 1 amide bonds. The van der Waals surface area contributed by atoms with E-state index in [0.717, 1.165) is 0 Å². The first-order chi connectivity index (χ1) is 9.90. The molecule has 21 heavy (non-hydrogen) atoms. The molecule has 0 aliphatic heterocycles. The molecule has 7 nitrogen and oxygen atoms in total. The van der Waals surface area contributed by atoms with Gasteiger partial charge in [0.15, 0.2) is 11.5 Å². The molecular weight excluding hydrogens is 296 g/mol. The number of carbonyl (C=O) groups is 2. The molecule has 0 fully saturated rings. The van der Waals surface area contributed by atoms with E-state index in [0.29, 0.717) is 0 Å². The number of hydrogen-bond acceptors (Lipinski definition) is 5. The molecule has 0 bridgehead atoms. The van der Waals surface area contributed by atoms with Gasteiger partial charge in [-0.2, -0.15) is 0 Å². The zero-order chi connectivity index (χ0) is 15.5. The highest BCUT2D eigenvalue weighted by molar-refractivity contribution is 7.89. The molecule has 1 heterocycles. The summed E-state index contributed by atoms with van der Waals surface area (Å²) < 4.78 is 28.9. The van der Waals surface area contributed by atoms with Crippen molar-refractivity contribution in [2.24, 2.45) is 0 Å². The van der Waals surface area contributed by atoms with Gasteiger partial charge in [-0.1, -0.05) is 12.1 Å². The van der Waals surface area contributed by atoms with Crippen LogP contribution in [0.2, 0.25) is 0 Å². The van der Waals surface area contributed by atoms with Crippen LogP contribution in [-0.4, -0.2) is 20.1 Å². The number of hydrogen-bond donors (Lipinski definition) is 2. The smallest absolute Gasteiger partial charge is 0.301 e. The van der Waals surface area contributed by atoms with E-state index in [1.54, 1.807) is 0 Å². The molecule has 1 aromatic heterocycles. The lowest BCUT2D eigenvalue weighted by Gasteiger charge is -2.08. The van der Waals surface area contributed by atoms with Crippen molar-refractivity contribution in [3.05, 3.63) is 54.0 Å². The van der Waals surface area contributed by atoms with Crippen LogP contribution in [0.3, 0.4) is 0 Å². The second-order valence-electron chi connectivity index (χ2n) is 4.12. The zero-order valence-corrected chi connectivity index (χ0v) is 11.8. The summed E-state index contributed by atoms with van der Waals surface area (Å²) in [7, 11) is -3.98. The lowest BCUT2D eigenvalue weighted by atomic mass is 10.2. The summed E-state index contributed by atoms with van der Waals surface area (Å²) in [6.07, 6.45) is 1.29. The van der Waals surface area contributed by atoms with E-state index in [1.165, 1.54) is 49.6 Å². The average Bonchev–Trinajstić information content (AvgIpc) is 2.99. The molecule has 0 atom stereocenters. The third-order valence-electron chi connectivity index (χ3n) is 2.59. The Kier molecular flexibility index (Phi) is 4.20. The number of sulfonamides is 1. The summed E-state index contributed by atoms with van der Waals surface area (Å²) in [5, 5.41) is 0. The van der Waals surface area contributed by atoms with Crippen LogP contribution in [0, 0.1) is 0 Å². The molecule has 0 aliphatic rings. The number of hydrazine groups is 1. The van der Waals surface area contributed by atoms with E-state index < -0.39 is 15.9 Å². The van der Waals surface area contributed by atoms with Crippen molar-refractivity contribution in [1.82, 2.24) is 10.3 Å². The van der Waals surface area contributed by atoms with E-state index in [2.05, 4.69) is 0 Å². The van der Waals surface area contributed by atoms with Gasteiger partial charge in [0.25, 0.3) is 10.0 Å². The first kappa shape index (κ1) is 14.9. The standard InChI is InChI=1S/C13H12N2O5S/c1-9(16)10-4-2-5-11(8-10)21(18,19)15-14-13(17)12-6-3-7-20-12/h2-8,15H,1H3,(H,14,17). The minimum atomic E-state index is -3.98. The quantitative estimate of drug-likeness (QED) is 0.635. The van der Waals surface area contributed by atoms with E-state index in [-0.39, 0.29) is 22.0 Å². The van der Waals surface area contributed by atoms with Crippen molar-refractivity contribution in [2.45, 2.75) is 11.8 Å². The van der Waals surface area contributed by atoms with Crippen molar-refractivity contribution in [3.63, 3.8) is 0 Å². The van der Waals surface area contributed by atoms with E-state index >= 15 is 0 Å². The van der Waals surface area contributed by atoms with Gasteiger partial charge in [0.05, 0.1) is 11.2 Å². The Balaban J connectivity index is 2.13. The monoisotopic (exact) mass is 308 g/mol. The Morgan fingerprint density at radius 1 is 1.14 bits per heavy atom. The van der Waals surface area contributed by atoms with Gasteiger partial charge in [-0.3, -0.25) is 15.0 Å². The summed E-state index contributed by atoms with van der Waals surface area (Å²) in [4.78, 5) is 24.6. The largest absolute Gasteiger partial charge is 0.459 e. The van der Waals surface area contributed by atoms with Gasteiger partial charge >= 0.3 is 5.91 Å². The van der Waals surface area contributed by atoms with Crippen molar-refractivity contribution in [2.75, 3.05) is 0 Å². The zero-order valence-electron chi connectivity index (χ0n) is 11.0. The molecule has 1 aromatic carbocycles. The van der Waals surface area contributed by atoms with Crippen molar-refractivity contribution in [3.8, 4) is 0 Å². The highest BCUT2D eigenvalue weighted by Gasteiger charge is 2.17. The third kappa shape index (κ3) is 3.56. The molecule has 0 radical (unpaired) electrons. The molecule has 8 heteroatoms. The predicted octanol–water partition coefficient (Wildman–Crippen LogP) is 1.11. The Hall–Kier alpha value is -2.45. The Morgan fingerprint density at radius 3 is 2.52 bits per heavy atom. The molecule has 0 saturated carbocycles. The Bertz CT molecular complexity index is 766. The maximum Gasteiger partial charge on any atom is 0.301 e. The van der Waals surface area contributed by atoms with Crippen LogP contribution < -0.4 is 10.3 Å². The van der Waals surface area contributed by atoms with Crippen molar-refractivity contribution >= 4 is 21.7 Å². The summed E-state index contributed by atoms with van der Waals surface area (Å²) in [6, 6.07) is 8.37. The second kappa shape index (κ2) is 5.90. The molecule has 2 N–H and O–H groups in total. The maximum absolute atomic E-state index is 12.0. The Labute approximate surface area is 121 Å². The lowest BCUT2D eigenvalue weighted by molar-refractivity contribution is 0.0916. The van der Waals surface area contributed by atoms with Gasteiger partial charge < -0.3 is 4.42 Å². The van der Waals surface area contributed by atoms with Crippen molar-refractivity contribution < 1.29 is 22.4 Å². The number of Topliss-reactive ketones (excluding diaryl/α,β-unsaturated/α-hetero) is 1. The fourth-order valence-corrected chi connectivity index (χ4v) is 2.41. The van der Waals surface area contributed by atoms with Crippen LogP contribution in [0.15, 0.2) is 52.0 Å². The normalized spacial score (nSPS) is 11.1. The van der Waals surface area contributed by atoms with E-state index in [4.69, 9.17) is 4.42 Å². The summed E-state index contributed by atoms with van der Waals surface area (Å²) >= 11 is 0. The average molecular weight is 308 g/mol. The van der Waals surface area contributed by atoms with Gasteiger partial charge in [0.2, 0.25) is 0 Å². The van der Waals surface area contributed by atoms with Crippen LogP contribution in [0.5, 0.6) is 0 Å². The van der Waals surface area contributed by atoms with Crippen LogP contribution in [0.25, 0.3) is 0 Å². The predicted molar refractivity (Wildman–Crippen MR) is 72.9 cm³/mol. The molecule has 0 unspecified atom stereocenters. The Morgan fingerprint density at radius 2 is 1.90 bits per heavy atom. The van der Waals surface area contributed by atoms with Gasteiger partial charge in [-0.25, -0.2) is 8.42 Å². The first-order valence-electron chi connectivity index (χ1n) is 5.87. The first-order valence-corrected chi connectivity index (χ1v) is 7.35. The summed E-state index contributed by atoms with van der Waals surface area (Å²) in [5.41, 5.74) is 2.28. The number of benzene rings is 1. The molecule has 2 rings (SSSR count). The molecule has 2 aromatic rings. The molecule has 0 saturated heterocycles. The third-order valence-corrected chi connectivity index (χ3v) is 3.84. The van der Waals surface area contributed by atoms with Gasteiger partial charge in [-0.05, 0) is 31.2 Å². The lowest BCUT2D eigenvalue weighted by Crippen LogP contribution is -2.41. The van der Waals surface area contributed by atoms with Gasteiger partial charge in [0, 0.05) is 5.56 Å².